The lowest BCUT2D eigenvalue weighted by Crippen LogP contribution is -2.34. The maximum absolute atomic E-state index is 13.8. The van der Waals surface area contributed by atoms with Crippen LogP contribution in [0.25, 0.3) is 0 Å². The molecule has 0 saturated heterocycles. The molecule has 2 aromatic carbocycles. The van der Waals surface area contributed by atoms with Gasteiger partial charge in [0, 0.05) is 0 Å². The van der Waals surface area contributed by atoms with Gasteiger partial charge in [-0.25, -0.2) is 17.7 Å². The molecular formula is C15H11F5NO5P. The second kappa shape index (κ2) is 7.93. The Morgan fingerprint density at radius 2 is 1.44 bits per heavy atom. The molecule has 0 unspecified atom stereocenters. The van der Waals surface area contributed by atoms with Crippen molar-refractivity contribution in [3.8, 4) is 11.5 Å². The molecule has 0 amide bonds. The lowest BCUT2D eigenvalue weighted by Gasteiger charge is -2.22. The number of benzene rings is 2. The van der Waals surface area contributed by atoms with E-state index in [-0.39, 0.29) is 5.75 Å². The van der Waals surface area contributed by atoms with Gasteiger partial charge < -0.3 is 14.2 Å². The second-order valence-electron chi connectivity index (χ2n) is 5.08. The molecule has 0 aliphatic rings. The van der Waals surface area contributed by atoms with Crippen molar-refractivity contribution in [3.63, 3.8) is 0 Å². The first kappa shape index (κ1) is 20.7. The summed E-state index contributed by atoms with van der Waals surface area (Å²) in [4.78, 5) is 11.0. The summed E-state index contributed by atoms with van der Waals surface area (Å²) in [5, 5.41) is 10.7. The van der Waals surface area contributed by atoms with Crippen molar-refractivity contribution in [2.75, 3.05) is 0 Å². The monoisotopic (exact) mass is 411 g/mol. The zero-order valence-electron chi connectivity index (χ0n) is 13.4. The molecule has 0 fully saturated rings. The summed E-state index contributed by atoms with van der Waals surface area (Å²) in [5.41, 5.74) is 0. The van der Waals surface area contributed by atoms with Gasteiger partial charge in [0.25, 0.3) is 0 Å². The van der Waals surface area contributed by atoms with E-state index in [1.54, 1.807) is 0 Å². The average Bonchev–Trinajstić information content (AvgIpc) is 2.62. The quantitative estimate of drug-likeness (QED) is 0.310. The van der Waals surface area contributed by atoms with E-state index in [0.717, 1.165) is 6.92 Å². The molecule has 2 atom stereocenters. The normalized spacial score (nSPS) is 14.3. The molecule has 0 aliphatic heterocycles. The molecule has 2 rings (SSSR count). The lowest BCUT2D eigenvalue weighted by molar-refractivity contribution is -0.138. The van der Waals surface area contributed by atoms with E-state index in [0.29, 0.717) is 0 Å². The van der Waals surface area contributed by atoms with Crippen LogP contribution in [0.2, 0.25) is 0 Å². The molecule has 0 aliphatic carbocycles. The maximum atomic E-state index is 13.8. The van der Waals surface area contributed by atoms with E-state index in [2.05, 4.69) is 4.52 Å². The van der Waals surface area contributed by atoms with E-state index in [4.69, 9.17) is 9.63 Å². The highest BCUT2D eigenvalue weighted by Gasteiger charge is 2.37. The molecule has 2 aromatic rings. The van der Waals surface area contributed by atoms with E-state index >= 15 is 0 Å². The van der Waals surface area contributed by atoms with Gasteiger partial charge in [0.1, 0.15) is 11.8 Å². The number of halogens is 5. The number of aliphatic carboxylic acids is 1. The summed E-state index contributed by atoms with van der Waals surface area (Å²) < 4.78 is 89.5. The Hall–Kier alpha value is -2.65. The fraction of sp³-hybridized carbons (Fsp3) is 0.133. The van der Waals surface area contributed by atoms with Crippen molar-refractivity contribution >= 4 is 13.7 Å². The number of hydrogen-bond donors (Lipinski definition) is 2. The van der Waals surface area contributed by atoms with Crippen LogP contribution in [0, 0.1) is 29.1 Å². The van der Waals surface area contributed by atoms with Crippen molar-refractivity contribution in [2.24, 2.45) is 0 Å². The van der Waals surface area contributed by atoms with Crippen LogP contribution < -0.4 is 14.1 Å². The van der Waals surface area contributed by atoms with Gasteiger partial charge in [0.05, 0.1) is 0 Å². The number of para-hydroxylation sites is 1. The zero-order chi connectivity index (χ0) is 20.4. The average molecular weight is 411 g/mol. The highest BCUT2D eigenvalue weighted by molar-refractivity contribution is 7.52. The van der Waals surface area contributed by atoms with Gasteiger partial charge in [0.15, 0.2) is 0 Å². The van der Waals surface area contributed by atoms with Gasteiger partial charge in [-0.1, -0.05) is 18.2 Å². The molecule has 0 saturated carbocycles. The Balaban J connectivity index is 2.49. The minimum atomic E-state index is -4.95. The first-order valence-electron chi connectivity index (χ1n) is 7.12. The van der Waals surface area contributed by atoms with E-state index < -0.39 is 54.6 Å². The molecule has 0 spiro atoms. The summed E-state index contributed by atoms with van der Waals surface area (Å²) in [6.45, 7) is 0.991. The van der Waals surface area contributed by atoms with Crippen molar-refractivity contribution in [1.29, 1.82) is 0 Å². The zero-order valence-corrected chi connectivity index (χ0v) is 14.3. The van der Waals surface area contributed by atoms with Crippen LogP contribution >= 0.6 is 7.75 Å². The fourth-order valence-corrected chi connectivity index (χ4v) is 3.30. The number of rotatable bonds is 7. The SMILES string of the molecule is C[C@@H](N[P@@](=O)(Oc1ccccc1)Oc1c(F)c(F)c(F)c(F)c1F)C(=O)O. The van der Waals surface area contributed by atoms with Crippen LogP contribution in [0.15, 0.2) is 30.3 Å². The summed E-state index contributed by atoms with van der Waals surface area (Å²) in [5.74, 6) is -15.5. The molecule has 0 radical (unpaired) electrons. The molecule has 0 heterocycles. The van der Waals surface area contributed by atoms with E-state index in [1.165, 1.54) is 30.3 Å². The first-order chi connectivity index (χ1) is 12.6. The second-order valence-corrected chi connectivity index (χ2v) is 6.70. The van der Waals surface area contributed by atoms with Crippen LogP contribution in [-0.4, -0.2) is 17.1 Å². The van der Waals surface area contributed by atoms with Crippen LogP contribution in [0.1, 0.15) is 6.92 Å². The smallest absolute Gasteiger partial charge is 0.480 e. The lowest BCUT2D eigenvalue weighted by atomic mass is 10.3. The molecule has 0 bridgehead atoms. The van der Waals surface area contributed by atoms with Crippen molar-refractivity contribution in [2.45, 2.75) is 13.0 Å². The molecular weight excluding hydrogens is 400 g/mol. The standard InChI is InChI=1S/C15H11F5NO5P/c1-7(15(22)23)21-27(24,25-8-5-3-2-4-6-8)26-14-12(19)10(17)9(16)11(18)13(14)20/h2-7H,1H3,(H,21,24)(H,22,23)/t7-,27-/m1/s1. The molecule has 27 heavy (non-hydrogen) atoms. The largest absolute Gasteiger partial charge is 0.513 e. The van der Waals surface area contributed by atoms with Gasteiger partial charge in [-0.15, -0.1) is 0 Å². The number of nitrogens with one attached hydrogen (secondary N) is 1. The van der Waals surface area contributed by atoms with Crippen LogP contribution in [0.3, 0.4) is 0 Å². The van der Waals surface area contributed by atoms with Gasteiger partial charge in [-0.05, 0) is 19.1 Å². The fourth-order valence-electron chi connectivity index (χ4n) is 1.77. The molecule has 6 nitrogen and oxygen atoms in total. The number of carbonyl (C=O) groups is 1. The van der Waals surface area contributed by atoms with Crippen LogP contribution in [0.4, 0.5) is 22.0 Å². The third-order valence-corrected chi connectivity index (χ3v) is 4.65. The maximum Gasteiger partial charge on any atom is 0.513 e. The number of carboxylic acids is 1. The molecule has 0 aromatic heterocycles. The topological polar surface area (TPSA) is 84.9 Å². The minimum Gasteiger partial charge on any atom is -0.480 e. The summed E-state index contributed by atoms with van der Waals surface area (Å²) in [6, 6.07) is 5.22. The predicted molar refractivity (Wildman–Crippen MR) is 81.8 cm³/mol. The Morgan fingerprint density at radius 3 is 1.93 bits per heavy atom. The van der Waals surface area contributed by atoms with Gasteiger partial charge in [-0.3, -0.25) is 4.79 Å². The Bertz CT molecular complexity index is 882. The Kier molecular flexibility index (Phi) is 6.07. The number of hydrogen-bond acceptors (Lipinski definition) is 4. The highest BCUT2D eigenvalue weighted by atomic mass is 31.2. The number of carboxylic acid groups (broad SMARTS) is 1. The van der Waals surface area contributed by atoms with Crippen molar-refractivity contribution in [1.82, 2.24) is 5.09 Å². The van der Waals surface area contributed by atoms with Crippen LogP contribution in [0.5, 0.6) is 11.5 Å². The molecule has 146 valence electrons. The Morgan fingerprint density at radius 1 is 0.963 bits per heavy atom. The highest BCUT2D eigenvalue weighted by Crippen LogP contribution is 2.47. The third kappa shape index (κ3) is 4.55. The third-order valence-electron chi connectivity index (χ3n) is 3.07. The van der Waals surface area contributed by atoms with E-state index in [1.807, 2.05) is 5.09 Å². The van der Waals surface area contributed by atoms with Gasteiger partial charge >= 0.3 is 13.7 Å². The van der Waals surface area contributed by atoms with Gasteiger partial charge in [0.2, 0.25) is 34.8 Å². The van der Waals surface area contributed by atoms with Crippen molar-refractivity contribution < 1.29 is 45.5 Å². The van der Waals surface area contributed by atoms with E-state index in [9.17, 15) is 31.3 Å². The van der Waals surface area contributed by atoms with Gasteiger partial charge in [-0.2, -0.15) is 13.9 Å². The summed E-state index contributed by atoms with van der Waals surface area (Å²) in [6.07, 6.45) is 0. The molecule has 2 N–H and O–H groups in total. The van der Waals surface area contributed by atoms with Crippen LogP contribution in [-0.2, 0) is 9.36 Å². The minimum absolute atomic E-state index is 0.185. The van der Waals surface area contributed by atoms with Crippen molar-refractivity contribution in [3.05, 3.63) is 59.4 Å². The first-order valence-corrected chi connectivity index (χ1v) is 8.66. The summed E-state index contributed by atoms with van der Waals surface area (Å²) in [7, 11) is -4.95. The summed E-state index contributed by atoms with van der Waals surface area (Å²) >= 11 is 0. The predicted octanol–water partition coefficient (Wildman–Crippen LogP) is 4.01. The Labute approximate surface area is 149 Å². The molecule has 12 heteroatoms.